The van der Waals surface area contributed by atoms with E-state index in [9.17, 15) is 0 Å². The Morgan fingerprint density at radius 2 is 1.91 bits per heavy atom. The molecule has 2 heterocycles. The fourth-order valence-electron chi connectivity index (χ4n) is 2.49. The highest BCUT2D eigenvalue weighted by Gasteiger charge is 2.16. The maximum absolute atomic E-state index is 5.90. The van der Waals surface area contributed by atoms with Crippen molar-refractivity contribution in [3.05, 3.63) is 41.2 Å². The second-order valence-corrected chi connectivity index (χ2v) is 5.67. The van der Waals surface area contributed by atoms with Gasteiger partial charge in [0.05, 0.1) is 17.6 Å². The molecule has 1 fully saturated rings. The molecule has 0 unspecified atom stereocenters. The van der Waals surface area contributed by atoms with Gasteiger partial charge in [-0.25, -0.2) is 4.68 Å². The average molecular weight is 319 g/mol. The minimum absolute atomic E-state index is 0.719. The van der Waals surface area contributed by atoms with Crippen LogP contribution in [0.3, 0.4) is 0 Å². The number of piperazine rings is 1. The van der Waals surface area contributed by atoms with Crippen molar-refractivity contribution in [2.24, 2.45) is 5.10 Å². The zero-order valence-electron chi connectivity index (χ0n) is 12.6. The van der Waals surface area contributed by atoms with Crippen molar-refractivity contribution in [1.82, 2.24) is 24.9 Å². The van der Waals surface area contributed by atoms with Gasteiger partial charge in [0, 0.05) is 44.0 Å². The van der Waals surface area contributed by atoms with Crippen LogP contribution in [0.25, 0.3) is 5.69 Å². The van der Waals surface area contributed by atoms with Crippen LogP contribution in [0.4, 0.5) is 0 Å². The Morgan fingerprint density at radius 1 is 1.18 bits per heavy atom. The van der Waals surface area contributed by atoms with E-state index in [0.29, 0.717) is 0 Å². The van der Waals surface area contributed by atoms with Gasteiger partial charge in [0.25, 0.3) is 0 Å². The summed E-state index contributed by atoms with van der Waals surface area (Å²) in [6, 6.07) is 7.57. The summed E-state index contributed by atoms with van der Waals surface area (Å²) in [5, 5.41) is 15.6. The van der Waals surface area contributed by atoms with Gasteiger partial charge in [-0.1, -0.05) is 16.8 Å². The van der Waals surface area contributed by atoms with Crippen molar-refractivity contribution < 1.29 is 0 Å². The molecule has 0 N–H and O–H groups in total. The summed E-state index contributed by atoms with van der Waals surface area (Å²) in [6.45, 7) is 6.65. The molecule has 0 bridgehead atoms. The van der Waals surface area contributed by atoms with Gasteiger partial charge in [-0.15, -0.1) is 5.10 Å². The molecule has 1 aromatic heterocycles. The quantitative estimate of drug-likeness (QED) is 0.810. The standard InChI is InChI=1S/C15H19ClN6/c1-2-17-21-9-7-20(8-10-21)11-14-12-22(19-18-14)15-5-3-13(16)4-6-15/h2-6,12H,7-11H2,1H3/b17-2-. The molecule has 0 saturated carbocycles. The summed E-state index contributed by atoms with van der Waals surface area (Å²) in [7, 11) is 0. The number of nitrogens with zero attached hydrogens (tertiary/aromatic N) is 6. The summed E-state index contributed by atoms with van der Waals surface area (Å²) in [4.78, 5) is 2.37. The van der Waals surface area contributed by atoms with Crippen LogP contribution >= 0.6 is 11.6 Å². The minimum atomic E-state index is 0.719. The van der Waals surface area contributed by atoms with Crippen molar-refractivity contribution in [2.45, 2.75) is 13.5 Å². The van der Waals surface area contributed by atoms with Crippen LogP contribution in [0.5, 0.6) is 0 Å². The predicted molar refractivity (Wildman–Crippen MR) is 87.4 cm³/mol. The Hall–Kier alpha value is -1.92. The fourth-order valence-corrected chi connectivity index (χ4v) is 2.62. The second-order valence-electron chi connectivity index (χ2n) is 5.23. The number of halogens is 1. The molecule has 0 aliphatic carbocycles. The molecule has 0 atom stereocenters. The van der Waals surface area contributed by atoms with E-state index < -0.39 is 0 Å². The minimum Gasteiger partial charge on any atom is -0.295 e. The van der Waals surface area contributed by atoms with E-state index in [4.69, 9.17) is 11.6 Å². The van der Waals surface area contributed by atoms with Crippen LogP contribution in [0.2, 0.25) is 5.02 Å². The van der Waals surface area contributed by atoms with E-state index in [1.165, 1.54) is 0 Å². The Morgan fingerprint density at radius 3 is 2.59 bits per heavy atom. The third kappa shape index (κ3) is 3.64. The van der Waals surface area contributed by atoms with Crippen LogP contribution in [-0.2, 0) is 6.54 Å². The second kappa shape index (κ2) is 6.89. The summed E-state index contributed by atoms with van der Waals surface area (Å²) in [5.74, 6) is 0. The van der Waals surface area contributed by atoms with Gasteiger partial charge in [0.1, 0.15) is 0 Å². The van der Waals surface area contributed by atoms with E-state index in [-0.39, 0.29) is 0 Å². The molecular weight excluding hydrogens is 300 g/mol. The van der Waals surface area contributed by atoms with Gasteiger partial charge in [0.2, 0.25) is 0 Å². The van der Waals surface area contributed by atoms with Gasteiger partial charge in [-0.05, 0) is 31.2 Å². The van der Waals surface area contributed by atoms with Crippen LogP contribution in [-0.4, -0.2) is 57.3 Å². The summed E-state index contributed by atoms with van der Waals surface area (Å²) < 4.78 is 1.78. The van der Waals surface area contributed by atoms with Crippen molar-refractivity contribution >= 4 is 17.8 Å². The molecule has 1 aromatic carbocycles. The highest BCUT2D eigenvalue weighted by atomic mass is 35.5. The van der Waals surface area contributed by atoms with Crippen molar-refractivity contribution in [2.75, 3.05) is 26.2 Å². The van der Waals surface area contributed by atoms with Crippen molar-refractivity contribution in [3.63, 3.8) is 0 Å². The van der Waals surface area contributed by atoms with Crippen molar-refractivity contribution in [1.29, 1.82) is 0 Å². The maximum atomic E-state index is 5.90. The smallest absolute Gasteiger partial charge is 0.0971 e. The van der Waals surface area contributed by atoms with Crippen LogP contribution < -0.4 is 0 Å². The Labute approximate surface area is 135 Å². The van der Waals surface area contributed by atoms with Gasteiger partial charge in [-0.3, -0.25) is 9.91 Å². The van der Waals surface area contributed by atoms with E-state index >= 15 is 0 Å². The first-order chi connectivity index (χ1) is 10.7. The molecule has 2 aromatic rings. The van der Waals surface area contributed by atoms with E-state index in [0.717, 1.165) is 49.1 Å². The SMILES string of the molecule is C/C=N\N1CCN(Cc2cn(-c3ccc(Cl)cc3)nn2)CC1. The third-order valence-electron chi connectivity index (χ3n) is 3.65. The first-order valence-electron chi connectivity index (χ1n) is 7.37. The zero-order valence-corrected chi connectivity index (χ0v) is 13.3. The first kappa shape index (κ1) is 15.0. The molecular formula is C15H19ClN6. The lowest BCUT2D eigenvalue weighted by Gasteiger charge is -2.32. The van der Waals surface area contributed by atoms with E-state index in [2.05, 4.69) is 25.3 Å². The topological polar surface area (TPSA) is 49.5 Å². The predicted octanol–water partition coefficient (Wildman–Crippen LogP) is 2.04. The highest BCUT2D eigenvalue weighted by molar-refractivity contribution is 6.30. The number of hydrogen-bond acceptors (Lipinski definition) is 5. The molecule has 116 valence electrons. The van der Waals surface area contributed by atoms with Gasteiger partial charge < -0.3 is 0 Å². The number of hydrogen-bond donors (Lipinski definition) is 0. The normalized spacial score (nSPS) is 16.5. The van der Waals surface area contributed by atoms with Crippen LogP contribution in [0.1, 0.15) is 12.6 Å². The molecule has 0 amide bonds. The number of benzene rings is 1. The number of hydrazone groups is 1. The molecule has 22 heavy (non-hydrogen) atoms. The van der Waals surface area contributed by atoms with Gasteiger partial charge in [0.15, 0.2) is 0 Å². The third-order valence-corrected chi connectivity index (χ3v) is 3.90. The molecule has 3 rings (SSSR count). The monoisotopic (exact) mass is 318 g/mol. The molecule has 1 aliphatic heterocycles. The summed E-state index contributed by atoms with van der Waals surface area (Å²) >= 11 is 5.90. The zero-order chi connectivity index (χ0) is 15.4. The largest absolute Gasteiger partial charge is 0.295 e. The average Bonchev–Trinajstić information content (AvgIpc) is 2.99. The van der Waals surface area contributed by atoms with Crippen LogP contribution in [0, 0.1) is 0 Å². The molecule has 1 aliphatic rings. The van der Waals surface area contributed by atoms with Gasteiger partial charge in [-0.2, -0.15) is 5.10 Å². The highest BCUT2D eigenvalue weighted by Crippen LogP contribution is 2.13. The van der Waals surface area contributed by atoms with Gasteiger partial charge >= 0.3 is 0 Å². The summed E-state index contributed by atoms with van der Waals surface area (Å²) in [6.07, 6.45) is 3.81. The van der Waals surface area contributed by atoms with Crippen molar-refractivity contribution in [3.8, 4) is 5.69 Å². The Bertz CT molecular complexity index is 628. The Kier molecular flexibility index (Phi) is 4.70. The fraction of sp³-hybridized carbons (Fsp3) is 0.400. The Balaban J connectivity index is 1.59. The lowest BCUT2D eigenvalue weighted by atomic mass is 10.3. The van der Waals surface area contributed by atoms with E-state index in [1.807, 2.05) is 43.6 Å². The summed E-state index contributed by atoms with van der Waals surface area (Å²) in [5.41, 5.74) is 1.94. The first-order valence-corrected chi connectivity index (χ1v) is 7.75. The molecule has 6 nitrogen and oxygen atoms in total. The molecule has 7 heteroatoms. The lowest BCUT2D eigenvalue weighted by molar-refractivity contribution is 0.130. The lowest BCUT2D eigenvalue weighted by Crippen LogP contribution is -2.43. The molecule has 0 radical (unpaired) electrons. The maximum Gasteiger partial charge on any atom is 0.0971 e. The van der Waals surface area contributed by atoms with Crippen LogP contribution in [0.15, 0.2) is 35.6 Å². The molecule has 0 spiro atoms. The number of aromatic nitrogens is 3. The molecule has 1 saturated heterocycles. The number of rotatable bonds is 4. The van der Waals surface area contributed by atoms with E-state index in [1.54, 1.807) is 4.68 Å².